The van der Waals surface area contributed by atoms with Crippen molar-refractivity contribution < 1.29 is 29.3 Å². The second-order valence-electron chi connectivity index (χ2n) is 4.72. The van der Waals surface area contributed by atoms with Gasteiger partial charge in [0, 0.05) is 0 Å². The van der Waals surface area contributed by atoms with E-state index in [0.29, 0.717) is 6.42 Å². The Morgan fingerprint density at radius 1 is 1.38 bits per heavy atom. The van der Waals surface area contributed by atoms with E-state index in [1.54, 1.807) is 13.2 Å². The molecule has 4 N–H and O–H groups in total. The lowest BCUT2D eigenvalue weighted by Gasteiger charge is -2.12. The molecule has 0 bridgehead atoms. The maximum absolute atomic E-state index is 11.4. The molecule has 1 aromatic carbocycles. The molecule has 0 spiro atoms. The Hall–Kier alpha value is -2.71. The lowest BCUT2D eigenvalue weighted by Crippen LogP contribution is -2.44. The molecule has 8 heteroatoms. The molecule has 1 amide bonds. The predicted molar refractivity (Wildman–Crippen MR) is 85.7 cm³/mol. The van der Waals surface area contributed by atoms with Gasteiger partial charge in [0.2, 0.25) is 5.90 Å². The van der Waals surface area contributed by atoms with Gasteiger partial charge in [-0.25, -0.2) is 0 Å². The summed E-state index contributed by atoms with van der Waals surface area (Å²) in [4.78, 5) is 21.6. The number of aldehydes is 1. The molecule has 0 aliphatic rings. The topological polar surface area (TPSA) is 129 Å². The van der Waals surface area contributed by atoms with Gasteiger partial charge in [-0.15, -0.1) is 0 Å². The van der Waals surface area contributed by atoms with E-state index in [9.17, 15) is 14.7 Å². The Labute approximate surface area is 139 Å². The summed E-state index contributed by atoms with van der Waals surface area (Å²) < 4.78 is 10.2. The number of carbonyl (C=O) groups is 2. The Morgan fingerprint density at radius 2 is 2.08 bits per heavy atom. The van der Waals surface area contributed by atoms with Crippen LogP contribution in [0.1, 0.15) is 5.56 Å². The van der Waals surface area contributed by atoms with Crippen molar-refractivity contribution in [2.24, 2.45) is 0 Å². The summed E-state index contributed by atoms with van der Waals surface area (Å²) in [6.45, 7) is -0.291. The first-order chi connectivity index (χ1) is 11.5. The van der Waals surface area contributed by atoms with Crippen molar-refractivity contribution in [3.63, 3.8) is 0 Å². The monoisotopic (exact) mass is 336 g/mol. The minimum atomic E-state index is -1.88. The molecule has 0 aliphatic heterocycles. The fourth-order valence-corrected chi connectivity index (χ4v) is 1.72. The van der Waals surface area contributed by atoms with Gasteiger partial charge in [-0.05, 0) is 24.1 Å². The first-order valence-corrected chi connectivity index (χ1v) is 7.09. The van der Waals surface area contributed by atoms with Crippen LogP contribution in [0.2, 0.25) is 0 Å². The number of ether oxygens (including phenoxy) is 2. The van der Waals surface area contributed by atoms with Crippen molar-refractivity contribution in [3.8, 4) is 5.75 Å². The molecule has 0 heterocycles. The first kappa shape index (κ1) is 19.3. The van der Waals surface area contributed by atoms with Crippen molar-refractivity contribution in [1.29, 1.82) is 5.41 Å². The fourth-order valence-electron chi connectivity index (χ4n) is 1.72. The highest BCUT2D eigenvalue weighted by molar-refractivity contribution is 5.88. The van der Waals surface area contributed by atoms with Crippen LogP contribution in [0.5, 0.6) is 5.75 Å². The number of carbonyl (C=O) groups excluding carboxylic acids is 2. The van der Waals surface area contributed by atoms with Crippen LogP contribution in [0.15, 0.2) is 36.6 Å². The van der Waals surface area contributed by atoms with Crippen LogP contribution < -0.4 is 10.1 Å². The van der Waals surface area contributed by atoms with Crippen molar-refractivity contribution in [1.82, 2.24) is 5.32 Å². The summed E-state index contributed by atoms with van der Waals surface area (Å²) in [5.74, 6) is -0.499. The van der Waals surface area contributed by atoms with Crippen LogP contribution in [0.3, 0.4) is 0 Å². The molecule has 2 atom stereocenters. The van der Waals surface area contributed by atoms with Crippen LogP contribution in [-0.4, -0.2) is 54.2 Å². The second-order valence-corrected chi connectivity index (χ2v) is 4.72. The highest BCUT2D eigenvalue weighted by atomic mass is 16.5. The van der Waals surface area contributed by atoms with Crippen molar-refractivity contribution in [2.75, 3.05) is 13.7 Å². The van der Waals surface area contributed by atoms with E-state index in [1.807, 2.05) is 24.3 Å². The van der Waals surface area contributed by atoms with Crippen LogP contribution in [-0.2, 0) is 20.7 Å². The quantitative estimate of drug-likeness (QED) is 0.214. The van der Waals surface area contributed by atoms with E-state index >= 15 is 0 Å². The average Bonchev–Trinajstić information content (AvgIpc) is 2.62. The highest BCUT2D eigenvalue weighted by Crippen LogP contribution is 2.17. The maximum Gasteiger partial charge on any atom is 0.252 e. The summed E-state index contributed by atoms with van der Waals surface area (Å²) in [6.07, 6.45) is -0.116. The Bertz CT molecular complexity index is 602. The van der Waals surface area contributed by atoms with Gasteiger partial charge in [0.15, 0.2) is 12.4 Å². The van der Waals surface area contributed by atoms with E-state index in [-0.39, 0.29) is 18.7 Å². The molecular formula is C16H20N2O6. The Kier molecular flexibility index (Phi) is 8.17. The number of para-hydroxylation sites is 1. The summed E-state index contributed by atoms with van der Waals surface area (Å²) in [6, 6.07) is 7.47. The minimum absolute atomic E-state index is 0.0483. The number of hydrogen-bond acceptors (Lipinski definition) is 7. The molecule has 24 heavy (non-hydrogen) atoms. The van der Waals surface area contributed by atoms with Crippen LogP contribution in [0, 0.1) is 5.41 Å². The molecule has 0 fully saturated rings. The van der Waals surface area contributed by atoms with Gasteiger partial charge in [0.25, 0.3) is 5.91 Å². The lowest BCUT2D eigenvalue weighted by molar-refractivity contribution is -0.139. The molecular weight excluding hydrogens is 316 g/mol. The summed E-state index contributed by atoms with van der Waals surface area (Å²) in [7, 11) is 1.58. The van der Waals surface area contributed by atoms with Gasteiger partial charge in [0.05, 0.1) is 19.9 Å². The number of methoxy groups -OCH3 is 1. The summed E-state index contributed by atoms with van der Waals surface area (Å²) in [5.41, 5.74) is 0.950. The van der Waals surface area contributed by atoms with Gasteiger partial charge >= 0.3 is 0 Å². The first-order valence-electron chi connectivity index (χ1n) is 7.09. The predicted octanol–water partition coefficient (Wildman–Crippen LogP) is -0.218. The maximum atomic E-state index is 11.4. The minimum Gasteiger partial charge on any atom is -0.496 e. The van der Waals surface area contributed by atoms with Gasteiger partial charge in [-0.1, -0.05) is 18.2 Å². The number of hydrogen-bond donors (Lipinski definition) is 4. The van der Waals surface area contributed by atoms with Crippen LogP contribution in [0.4, 0.5) is 0 Å². The van der Waals surface area contributed by atoms with Crippen molar-refractivity contribution in [2.45, 2.75) is 18.6 Å². The zero-order valence-corrected chi connectivity index (χ0v) is 13.1. The average molecular weight is 336 g/mol. The molecule has 130 valence electrons. The second kappa shape index (κ2) is 10.1. The largest absolute Gasteiger partial charge is 0.496 e. The number of rotatable bonds is 9. The number of nitrogens with one attached hydrogen (secondary N) is 2. The third-order valence-electron chi connectivity index (χ3n) is 2.99. The molecule has 0 saturated heterocycles. The van der Waals surface area contributed by atoms with E-state index in [0.717, 1.165) is 11.3 Å². The van der Waals surface area contributed by atoms with Gasteiger partial charge in [0.1, 0.15) is 11.9 Å². The van der Waals surface area contributed by atoms with Gasteiger partial charge in [-0.2, -0.15) is 0 Å². The zero-order chi connectivity index (χ0) is 17.9. The molecule has 2 unspecified atom stereocenters. The summed E-state index contributed by atoms with van der Waals surface area (Å²) in [5, 5.41) is 27.9. The van der Waals surface area contributed by atoms with Crippen LogP contribution >= 0.6 is 0 Å². The number of amides is 1. The smallest absolute Gasteiger partial charge is 0.252 e. The molecule has 0 saturated carbocycles. The molecule has 0 aliphatic carbocycles. The normalized spacial score (nSPS) is 13.1. The molecule has 0 aromatic heterocycles. The third kappa shape index (κ3) is 6.19. The fraction of sp³-hybridized carbons (Fsp3) is 0.312. The summed E-state index contributed by atoms with van der Waals surface area (Å²) >= 11 is 0. The van der Waals surface area contributed by atoms with E-state index in [4.69, 9.17) is 20.0 Å². The Morgan fingerprint density at radius 3 is 2.75 bits per heavy atom. The number of allylic oxidation sites excluding steroid dienone is 1. The third-order valence-corrected chi connectivity index (χ3v) is 2.99. The van der Waals surface area contributed by atoms with Crippen molar-refractivity contribution in [3.05, 3.63) is 42.2 Å². The van der Waals surface area contributed by atoms with Gasteiger partial charge < -0.3 is 29.8 Å². The van der Waals surface area contributed by atoms with Crippen LogP contribution in [0.25, 0.3) is 0 Å². The Balaban J connectivity index is 2.36. The molecule has 1 aromatic rings. The number of aliphatic hydroxyl groups is 2. The van der Waals surface area contributed by atoms with Gasteiger partial charge in [-0.3, -0.25) is 10.2 Å². The number of benzene rings is 1. The standard InChI is InChI=1S/C16H20N2O6/c1-23-13-7-3-2-5-11(13)6-4-8-24-14(17)9-18-16(22)15(21)12(20)10-19/h2-5,7-8,10,12,15,17,20-21H,6,9H2,1H3,(H,18,22)/b8-4+,17-14?. The lowest BCUT2D eigenvalue weighted by atomic mass is 10.1. The molecule has 0 radical (unpaired) electrons. The zero-order valence-electron chi connectivity index (χ0n) is 13.1. The van der Waals surface area contributed by atoms with Crippen molar-refractivity contribution >= 4 is 18.1 Å². The van der Waals surface area contributed by atoms with E-state index in [1.165, 1.54) is 6.26 Å². The van der Waals surface area contributed by atoms with E-state index in [2.05, 4.69) is 5.32 Å². The highest BCUT2D eigenvalue weighted by Gasteiger charge is 2.23. The molecule has 8 nitrogen and oxygen atoms in total. The molecule has 1 rings (SSSR count). The SMILES string of the molecule is COc1ccccc1C/C=C/OC(=N)CNC(=O)C(O)C(O)C=O. The van der Waals surface area contributed by atoms with E-state index < -0.39 is 18.1 Å². The number of aliphatic hydroxyl groups excluding tert-OH is 2.